The fraction of sp³-hybridized carbons (Fsp3) is 0.600. The topological polar surface area (TPSA) is 52.9 Å². The molecule has 1 aliphatic heterocycles. The second-order valence-electron chi connectivity index (χ2n) is 7.16. The molecule has 0 radical (unpaired) electrons. The van der Waals surface area contributed by atoms with E-state index in [2.05, 4.69) is 25.2 Å². The van der Waals surface area contributed by atoms with Gasteiger partial charge in [0.1, 0.15) is 0 Å². The third-order valence-electron chi connectivity index (χ3n) is 5.70. The van der Waals surface area contributed by atoms with Crippen molar-refractivity contribution in [3.8, 4) is 6.07 Å². The summed E-state index contributed by atoms with van der Waals surface area (Å²) in [6.45, 7) is 11.4. The lowest BCUT2D eigenvalue weighted by Gasteiger charge is -2.41. The van der Waals surface area contributed by atoms with Crippen LogP contribution in [0.2, 0.25) is 0 Å². The number of anilines is 1. The molecule has 1 aromatic carbocycles. The van der Waals surface area contributed by atoms with Crippen LogP contribution in [0.4, 0.5) is 5.69 Å². The number of nitrogens with one attached hydrogen (secondary N) is 1. The zero-order valence-electron chi connectivity index (χ0n) is 15.5. The van der Waals surface area contributed by atoms with E-state index in [9.17, 15) is 4.79 Å². The van der Waals surface area contributed by atoms with E-state index < -0.39 is 0 Å². The van der Waals surface area contributed by atoms with Crippen LogP contribution in [0.5, 0.6) is 0 Å². The summed E-state index contributed by atoms with van der Waals surface area (Å²) in [5.41, 5.74) is 3.40. The van der Waals surface area contributed by atoms with Gasteiger partial charge in [-0.2, -0.15) is 5.26 Å². The Morgan fingerprint density at radius 2 is 1.75 bits per heavy atom. The monoisotopic (exact) mass is 328 g/mol. The minimum atomic E-state index is -0.0532. The van der Waals surface area contributed by atoms with E-state index in [0.29, 0.717) is 5.56 Å². The first-order valence-corrected chi connectivity index (χ1v) is 9.11. The number of carbonyl (C=O) groups is 1. The highest BCUT2D eigenvalue weighted by Gasteiger charge is 2.37. The quantitative estimate of drug-likeness (QED) is 0.852. The Bertz CT molecular complexity index is 614. The number of rotatable bonds is 4. The van der Waals surface area contributed by atoms with Crippen molar-refractivity contribution in [3.63, 3.8) is 0 Å². The zero-order valence-corrected chi connectivity index (χ0v) is 15.5. The van der Waals surface area contributed by atoms with Gasteiger partial charge >= 0.3 is 0 Å². The number of quaternary nitrogens is 1. The Morgan fingerprint density at radius 3 is 2.21 bits per heavy atom. The first-order chi connectivity index (χ1) is 11.4. The zero-order chi connectivity index (χ0) is 17.7. The van der Waals surface area contributed by atoms with Crippen LogP contribution in [-0.2, 0) is 4.79 Å². The smallest absolute Gasteiger partial charge is 0.282 e. The summed E-state index contributed by atoms with van der Waals surface area (Å²) in [5, 5.41) is 12.2. The number of carbonyl (C=O) groups excluding carboxylic acids is 1. The van der Waals surface area contributed by atoms with Gasteiger partial charge in [0, 0.05) is 5.69 Å². The first-order valence-electron chi connectivity index (χ1n) is 9.11. The number of likely N-dealkylation sites (tertiary alicyclic amines) is 1. The number of hydrogen-bond acceptors (Lipinski definition) is 2. The third kappa shape index (κ3) is 3.79. The molecule has 4 heteroatoms. The first kappa shape index (κ1) is 18.5. The van der Waals surface area contributed by atoms with Crippen LogP contribution in [0.1, 0.15) is 56.2 Å². The van der Waals surface area contributed by atoms with Crippen molar-refractivity contribution in [2.75, 3.05) is 25.0 Å². The standard InChI is InChI=1S/C20H29N3O/c1-5-23(10-8-6-7-9-11-23)17(4)20(24)22-19-15(2)12-18(14-21)13-16(19)3/h12-13,17H,5-11H2,1-4H3/p+1. The number of benzene rings is 1. The van der Waals surface area contributed by atoms with E-state index in [1.54, 1.807) is 0 Å². The van der Waals surface area contributed by atoms with Crippen molar-refractivity contribution in [2.45, 2.75) is 59.4 Å². The number of nitriles is 1. The summed E-state index contributed by atoms with van der Waals surface area (Å²) in [4.78, 5) is 13.0. The molecule has 0 spiro atoms. The van der Waals surface area contributed by atoms with Gasteiger partial charge in [-0.15, -0.1) is 0 Å². The number of aryl methyl sites for hydroxylation is 2. The maximum Gasteiger partial charge on any atom is 0.282 e. The van der Waals surface area contributed by atoms with Crippen molar-refractivity contribution in [3.05, 3.63) is 28.8 Å². The average molecular weight is 328 g/mol. The maximum atomic E-state index is 13.0. The SMILES string of the molecule is CC[N+]1(C(C)C(=O)Nc2c(C)cc(C#N)cc2C)CCCCCC1. The number of nitrogens with zero attached hydrogens (tertiary/aromatic N) is 2. The van der Waals surface area contributed by atoms with Gasteiger partial charge in [0.05, 0.1) is 31.3 Å². The molecule has 0 aliphatic carbocycles. The van der Waals surface area contributed by atoms with Crippen LogP contribution in [-0.4, -0.2) is 36.1 Å². The Labute approximate surface area is 146 Å². The molecule has 130 valence electrons. The molecule has 2 rings (SSSR count). The van der Waals surface area contributed by atoms with E-state index >= 15 is 0 Å². The summed E-state index contributed by atoms with van der Waals surface area (Å²) in [6, 6.07) is 5.79. The van der Waals surface area contributed by atoms with Gasteiger partial charge in [-0.1, -0.05) is 0 Å². The van der Waals surface area contributed by atoms with Crippen molar-refractivity contribution in [2.24, 2.45) is 0 Å². The minimum Gasteiger partial charge on any atom is -0.320 e. The van der Waals surface area contributed by atoms with Crippen molar-refractivity contribution < 1.29 is 9.28 Å². The Morgan fingerprint density at radius 1 is 1.21 bits per heavy atom. The minimum absolute atomic E-state index is 0.0532. The van der Waals surface area contributed by atoms with Gasteiger partial charge in [0.25, 0.3) is 5.91 Å². The summed E-state index contributed by atoms with van der Waals surface area (Å²) in [5.74, 6) is 0.0923. The van der Waals surface area contributed by atoms with Gasteiger partial charge in [0.15, 0.2) is 6.04 Å². The number of likely N-dealkylation sites (N-methyl/N-ethyl adjacent to an activating group) is 1. The van der Waals surface area contributed by atoms with Crippen molar-refractivity contribution >= 4 is 11.6 Å². The van der Waals surface area contributed by atoms with Crippen LogP contribution in [0.25, 0.3) is 0 Å². The Balaban J connectivity index is 2.21. The lowest BCUT2D eigenvalue weighted by molar-refractivity contribution is -0.938. The summed E-state index contributed by atoms with van der Waals surface area (Å²) < 4.78 is 0.889. The predicted molar refractivity (Wildman–Crippen MR) is 97.7 cm³/mol. The van der Waals surface area contributed by atoms with E-state index in [-0.39, 0.29) is 11.9 Å². The molecule has 4 nitrogen and oxygen atoms in total. The van der Waals surface area contributed by atoms with Crippen LogP contribution in [0.15, 0.2) is 12.1 Å². The molecule has 1 fully saturated rings. The highest BCUT2D eigenvalue weighted by molar-refractivity contribution is 5.95. The summed E-state index contributed by atoms with van der Waals surface area (Å²) in [7, 11) is 0. The molecule has 1 aliphatic rings. The van der Waals surface area contributed by atoms with Crippen molar-refractivity contribution in [1.29, 1.82) is 5.26 Å². The van der Waals surface area contributed by atoms with Crippen LogP contribution in [0.3, 0.4) is 0 Å². The van der Waals surface area contributed by atoms with Crippen molar-refractivity contribution in [1.82, 2.24) is 0 Å². The molecule has 1 heterocycles. The van der Waals surface area contributed by atoms with Gasteiger partial charge in [0.2, 0.25) is 0 Å². The van der Waals surface area contributed by atoms with Crippen LogP contribution >= 0.6 is 0 Å². The highest BCUT2D eigenvalue weighted by Crippen LogP contribution is 2.26. The van der Waals surface area contributed by atoms with Gasteiger partial charge in [-0.3, -0.25) is 4.79 Å². The molecule has 1 N–H and O–H groups in total. The summed E-state index contributed by atoms with van der Waals surface area (Å²) >= 11 is 0. The van der Waals surface area contributed by atoms with Gasteiger partial charge < -0.3 is 9.80 Å². The normalized spacial score (nSPS) is 18.3. The average Bonchev–Trinajstić information content (AvgIpc) is 2.83. The largest absolute Gasteiger partial charge is 0.320 e. The Kier molecular flexibility index (Phi) is 6.01. The Hall–Kier alpha value is -1.86. The molecule has 1 aromatic rings. The molecule has 1 saturated heterocycles. The fourth-order valence-corrected chi connectivity index (χ4v) is 4.00. The maximum absolute atomic E-state index is 13.0. The highest BCUT2D eigenvalue weighted by atomic mass is 16.2. The van der Waals surface area contributed by atoms with Crippen LogP contribution < -0.4 is 5.32 Å². The molecule has 0 bridgehead atoms. The van der Waals surface area contributed by atoms with Crippen LogP contribution in [0, 0.1) is 25.2 Å². The molecule has 0 saturated carbocycles. The molecule has 1 unspecified atom stereocenters. The van der Waals surface area contributed by atoms with E-state index in [0.717, 1.165) is 40.9 Å². The molecule has 24 heavy (non-hydrogen) atoms. The predicted octanol–water partition coefficient (Wildman–Crippen LogP) is 3.91. The fourth-order valence-electron chi connectivity index (χ4n) is 4.00. The molecule has 0 aromatic heterocycles. The van der Waals surface area contributed by atoms with E-state index in [1.807, 2.05) is 26.0 Å². The van der Waals surface area contributed by atoms with E-state index in [4.69, 9.17) is 5.26 Å². The molecular formula is C20H30N3O+. The van der Waals surface area contributed by atoms with Gasteiger partial charge in [-0.05, 0) is 76.6 Å². The second kappa shape index (κ2) is 7.81. The molecular weight excluding hydrogens is 298 g/mol. The second-order valence-corrected chi connectivity index (χ2v) is 7.16. The lowest BCUT2D eigenvalue weighted by Crippen LogP contribution is -2.59. The lowest BCUT2D eigenvalue weighted by atomic mass is 10.0. The number of amides is 1. The van der Waals surface area contributed by atoms with E-state index in [1.165, 1.54) is 25.7 Å². The van der Waals surface area contributed by atoms with Gasteiger partial charge in [-0.25, -0.2) is 0 Å². The summed E-state index contributed by atoms with van der Waals surface area (Å²) in [6.07, 6.45) is 4.98. The third-order valence-corrected chi connectivity index (χ3v) is 5.70. The molecule has 1 atom stereocenters. The number of hydrogen-bond donors (Lipinski definition) is 1. The molecule has 1 amide bonds.